The average Bonchev–Trinajstić information content (AvgIpc) is 2.59. The van der Waals surface area contributed by atoms with Gasteiger partial charge in [0, 0.05) is 21.5 Å². The Bertz CT molecular complexity index is 900. The van der Waals surface area contributed by atoms with Crippen molar-refractivity contribution in [2.75, 3.05) is 4.90 Å². The van der Waals surface area contributed by atoms with Gasteiger partial charge in [0.1, 0.15) is 6.42 Å². The summed E-state index contributed by atoms with van der Waals surface area (Å²) < 4.78 is 0. The highest BCUT2D eigenvalue weighted by molar-refractivity contribution is 6.36. The van der Waals surface area contributed by atoms with Crippen LogP contribution in [-0.2, 0) is 4.79 Å². The molecule has 0 fully saturated rings. The highest BCUT2D eigenvalue weighted by atomic mass is 35.5. The number of fused-ring (bicyclic) bond motifs is 1. The van der Waals surface area contributed by atoms with E-state index < -0.39 is 0 Å². The minimum atomic E-state index is -0.272. The Kier molecular flexibility index (Phi) is 4.27. The molecule has 0 radical (unpaired) electrons. The van der Waals surface area contributed by atoms with Gasteiger partial charge in [-0.3, -0.25) is 9.69 Å². The molecule has 23 heavy (non-hydrogen) atoms. The lowest BCUT2D eigenvalue weighted by atomic mass is 10.1. The molecule has 1 amide bonds. The van der Waals surface area contributed by atoms with Crippen molar-refractivity contribution in [3.63, 3.8) is 0 Å². The number of rotatable bonds is 3. The highest BCUT2D eigenvalue weighted by Crippen LogP contribution is 2.36. The van der Waals surface area contributed by atoms with Crippen molar-refractivity contribution in [1.82, 2.24) is 0 Å². The average molecular weight is 321 g/mol. The van der Waals surface area contributed by atoms with E-state index in [9.17, 15) is 4.79 Å². The fraction of sp³-hybridized carbons (Fsp3) is 0.0526. The lowest BCUT2D eigenvalue weighted by Crippen LogP contribution is -2.25. The largest absolute Gasteiger partial charge is 0.280 e. The summed E-state index contributed by atoms with van der Waals surface area (Å²) >= 11 is 6.26. The lowest BCUT2D eigenvalue weighted by molar-refractivity contribution is -0.116. The van der Waals surface area contributed by atoms with Crippen LogP contribution in [0, 0.1) is 11.3 Å². The zero-order chi connectivity index (χ0) is 16.2. The molecule has 3 aromatic rings. The molecular formula is C19H13ClN2O. The molecule has 0 aliphatic heterocycles. The molecule has 3 nitrogen and oxygen atoms in total. The van der Waals surface area contributed by atoms with Crippen molar-refractivity contribution in [1.29, 1.82) is 5.26 Å². The summed E-state index contributed by atoms with van der Waals surface area (Å²) in [5, 5.41) is 11.3. The Balaban J connectivity index is 2.24. The zero-order valence-corrected chi connectivity index (χ0v) is 13.0. The highest BCUT2D eigenvalue weighted by Gasteiger charge is 2.20. The molecule has 0 bridgehead atoms. The number of nitriles is 1. The second-order valence-corrected chi connectivity index (χ2v) is 5.42. The van der Waals surface area contributed by atoms with E-state index in [4.69, 9.17) is 16.9 Å². The van der Waals surface area contributed by atoms with Gasteiger partial charge in [0.15, 0.2) is 0 Å². The normalized spacial score (nSPS) is 10.3. The van der Waals surface area contributed by atoms with Crippen molar-refractivity contribution in [3.8, 4) is 6.07 Å². The van der Waals surface area contributed by atoms with Gasteiger partial charge in [-0.25, -0.2) is 0 Å². The Morgan fingerprint density at radius 2 is 1.61 bits per heavy atom. The topological polar surface area (TPSA) is 44.1 Å². The molecule has 3 rings (SSSR count). The number of hydrogen-bond acceptors (Lipinski definition) is 2. The fourth-order valence-electron chi connectivity index (χ4n) is 2.58. The van der Waals surface area contributed by atoms with Crippen LogP contribution in [0.3, 0.4) is 0 Å². The fourth-order valence-corrected chi connectivity index (χ4v) is 2.81. The Hall–Kier alpha value is -2.83. The van der Waals surface area contributed by atoms with Gasteiger partial charge in [-0.1, -0.05) is 54.1 Å². The SMILES string of the molecule is N#CCC(=O)N(c1ccccc1)c1ccc(Cl)c2ccccc12. The summed E-state index contributed by atoms with van der Waals surface area (Å²) in [6.45, 7) is 0. The third kappa shape index (κ3) is 2.90. The number of hydrogen-bond donors (Lipinski definition) is 0. The molecular weight excluding hydrogens is 308 g/mol. The number of anilines is 2. The van der Waals surface area contributed by atoms with E-state index in [-0.39, 0.29) is 12.3 Å². The van der Waals surface area contributed by atoms with E-state index in [0.717, 1.165) is 22.1 Å². The second kappa shape index (κ2) is 6.51. The summed E-state index contributed by atoms with van der Waals surface area (Å²) in [5.74, 6) is -0.272. The number of benzene rings is 3. The number of carbonyl (C=O) groups is 1. The lowest BCUT2D eigenvalue weighted by Gasteiger charge is -2.24. The number of nitrogens with zero attached hydrogens (tertiary/aromatic N) is 2. The van der Waals surface area contributed by atoms with Crippen molar-refractivity contribution >= 4 is 39.7 Å². The maximum Gasteiger partial charge on any atom is 0.245 e. The second-order valence-electron chi connectivity index (χ2n) is 5.01. The molecule has 0 atom stereocenters. The number of amides is 1. The van der Waals surface area contributed by atoms with Gasteiger partial charge in [-0.05, 0) is 24.3 Å². The monoisotopic (exact) mass is 320 g/mol. The van der Waals surface area contributed by atoms with Gasteiger partial charge in [-0.15, -0.1) is 0 Å². The maximum atomic E-state index is 12.5. The molecule has 112 valence electrons. The predicted octanol–water partition coefficient (Wildman–Crippen LogP) is 5.07. The van der Waals surface area contributed by atoms with Crippen LogP contribution in [0.2, 0.25) is 5.02 Å². The van der Waals surface area contributed by atoms with Crippen LogP contribution in [0.25, 0.3) is 10.8 Å². The summed E-state index contributed by atoms with van der Waals surface area (Å²) in [4.78, 5) is 14.1. The molecule has 0 saturated carbocycles. The molecule has 0 aromatic heterocycles. The molecule has 0 aliphatic rings. The quantitative estimate of drug-likeness (QED) is 0.676. The van der Waals surface area contributed by atoms with Crippen LogP contribution in [0.5, 0.6) is 0 Å². The molecule has 0 saturated heterocycles. The van der Waals surface area contributed by atoms with Crippen molar-refractivity contribution < 1.29 is 4.79 Å². The van der Waals surface area contributed by atoms with Gasteiger partial charge in [0.2, 0.25) is 5.91 Å². The summed E-state index contributed by atoms with van der Waals surface area (Å²) in [7, 11) is 0. The maximum absolute atomic E-state index is 12.5. The van der Waals surface area contributed by atoms with Crippen molar-refractivity contribution in [2.45, 2.75) is 6.42 Å². The van der Waals surface area contributed by atoms with Crippen LogP contribution in [-0.4, -0.2) is 5.91 Å². The third-order valence-corrected chi connectivity index (χ3v) is 3.91. The minimum Gasteiger partial charge on any atom is -0.280 e. The Morgan fingerprint density at radius 3 is 2.30 bits per heavy atom. The van der Waals surface area contributed by atoms with Crippen LogP contribution < -0.4 is 4.90 Å². The number of halogens is 1. The van der Waals surface area contributed by atoms with E-state index in [1.807, 2.05) is 66.7 Å². The first-order valence-electron chi connectivity index (χ1n) is 7.14. The zero-order valence-electron chi connectivity index (χ0n) is 12.2. The molecule has 0 unspecified atom stereocenters. The smallest absolute Gasteiger partial charge is 0.245 e. The third-order valence-electron chi connectivity index (χ3n) is 3.58. The van der Waals surface area contributed by atoms with E-state index >= 15 is 0 Å². The van der Waals surface area contributed by atoms with E-state index in [1.165, 1.54) is 0 Å². The minimum absolute atomic E-state index is 0.189. The summed E-state index contributed by atoms with van der Waals surface area (Å²) in [6.07, 6.45) is -0.189. The van der Waals surface area contributed by atoms with E-state index in [1.54, 1.807) is 11.0 Å². The predicted molar refractivity (Wildman–Crippen MR) is 92.8 cm³/mol. The standard InChI is InChI=1S/C19H13ClN2O/c20-17-10-11-18(16-9-5-4-8-15(16)17)22(19(23)12-13-21)14-6-2-1-3-7-14/h1-11H,12H2. The van der Waals surface area contributed by atoms with E-state index in [0.29, 0.717) is 5.02 Å². The number of carbonyl (C=O) groups excluding carboxylic acids is 1. The van der Waals surface area contributed by atoms with Crippen molar-refractivity contribution in [2.24, 2.45) is 0 Å². The van der Waals surface area contributed by atoms with Gasteiger partial charge in [0.25, 0.3) is 0 Å². The van der Waals surface area contributed by atoms with Crippen LogP contribution in [0.1, 0.15) is 6.42 Å². The van der Waals surface area contributed by atoms with Crippen LogP contribution in [0.4, 0.5) is 11.4 Å². The molecule has 0 aliphatic carbocycles. The first-order valence-corrected chi connectivity index (χ1v) is 7.52. The van der Waals surface area contributed by atoms with Crippen molar-refractivity contribution in [3.05, 3.63) is 71.8 Å². The molecule has 0 N–H and O–H groups in total. The van der Waals surface area contributed by atoms with Crippen LogP contribution >= 0.6 is 11.6 Å². The molecule has 3 aromatic carbocycles. The first kappa shape index (κ1) is 15.1. The molecule has 0 spiro atoms. The Morgan fingerprint density at radius 1 is 0.957 bits per heavy atom. The summed E-state index contributed by atoms with van der Waals surface area (Å²) in [5.41, 5.74) is 1.44. The van der Waals surface area contributed by atoms with Crippen LogP contribution in [0.15, 0.2) is 66.7 Å². The summed E-state index contributed by atoms with van der Waals surface area (Å²) in [6, 6.07) is 22.5. The Labute approximate surface area is 139 Å². The van der Waals surface area contributed by atoms with E-state index in [2.05, 4.69) is 0 Å². The van der Waals surface area contributed by atoms with Gasteiger partial charge in [-0.2, -0.15) is 5.26 Å². The number of para-hydroxylation sites is 1. The molecule has 0 heterocycles. The van der Waals surface area contributed by atoms with Gasteiger partial charge in [0.05, 0.1) is 11.8 Å². The molecule has 4 heteroatoms. The first-order chi connectivity index (χ1) is 11.2. The van der Waals surface area contributed by atoms with Gasteiger partial charge < -0.3 is 0 Å². The van der Waals surface area contributed by atoms with Gasteiger partial charge >= 0.3 is 0 Å².